The van der Waals surface area contributed by atoms with Crippen molar-refractivity contribution in [1.29, 1.82) is 0 Å². The third kappa shape index (κ3) is 3.43. The molecular formula is C12H22O2. The van der Waals surface area contributed by atoms with Gasteiger partial charge in [-0.15, -0.1) is 0 Å². The van der Waals surface area contributed by atoms with Crippen molar-refractivity contribution in [2.24, 2.45) is 0 Å². The summed E-state index contributed by atoms with van der Waals surface area (Å²) in [6.45, 7) is 8.24. The summed E-state index contributed by atoms with van der Waals surface area (Å²) in [6, 6.07) is 0. The summed E-state index contributed by atoms with van der Waals surface area (Å²) >= 11 is 0. The lowest BCUT2D eigenvalue weighted by Crippen LogP contribution is -2.41. The molecule has 0 bridgehead atoms. The fourth-order valence-corrected chi connectivity index (χ4v) is 1.89. The predicted molar refractivity (Wildman–Crippen MR) is 58.2 cm³/mol. The minimum atomic E-state index is -0.364. The average molecular weight is 198 g/mol. The van der Waals surface area contributed by atoms with E-state index in [-0.39, 0.29) is 18.0 Å². The lowest BCUT2D eigenvalue weighted by atomic mass is 10.00. The molecule has 0 N–H and O–H groups in total. The fraction of sp³-hybridized carbons (Fsp3) is 0.833. The van der Waals surface area contributed by atoms with Crippen LogP contribution in [0, 0.1) is 0 Å². The van der Waals surface area contributed by atoms with E-state index in [1.54, 1.807) is 0 Å². The van der Waals surface area contributed by atoms with Crippen molar-refractivity contribution in [1.82, 2.24) is 0 Å². The van der Waals surface area contributed by atoms with E-state index in [4.69, 9.17) is 9.47 Å². The SMILES string of the molecule is CC(C)OC1(OC(C)C)CC=CCC1. The summed E-state index contributed by atoms with van der Waals surface area (Å²) in [5.74, 6) is -0.364. The summed E-state index contributed by atoms with van der Waals surface area (Å²) in [5.41, 5.74) is 0. The van der Waals surface area contributed by atoms with E-state index in [1.807, 2.05) is 0 Å². The van der Waals surface area contributed by atoms with Gasteiger partial charge in [0, 0.05) is 12.8 Å². The highest BCUT2D eigenvalue weighted by atomic mass is 16.7. The van der Waals surface area contributed by atoms with Gasteiger partial charge >= 0.3 is 0 Å². The Kier molecular flexibility index (Phi) is 4.14. The van der Waals surface area contributed by atoms with Crippen LogP contribution in [0.15, 0.2) is 12.2 Å². The molecular weight excluding hydrogens is 176 g/mol. The Morgan fingerprint density at radius 2 is 1.57 bits per heavy atom. The molecule has 1 aliphatic carbocycles. The number of hydrogen-bond donors (Lipinski definition) is 0. The topological polar surface area (TPSA) is 18.5 Å². The van der Waals surface area contributed by atoms with Gasteiger partial charge in [-0.05, 0) is 34.1 Å². The molecule has 0 aromatic carbocycles. The van der Waals surface area contributed by atoms with E-state index in [9.17, 15) is 0 Å². The number of rotatable bonds is 4. The van der Waals surface area contributed by atoms with Crippen molar-refractivity contribution in [2.75, 3.05) is 0 Å². The van der Waals surface area contributed by atoms with Crippen LogP contribution in [-0.2, 0) is 9.47 Å². The van der Waals surface area contributed by atoms with Gasteiger partial charge in [0.1, 0.15) is 0 Å². The molecule has 0 aromatic heterocycles. The first-order valence-corrected chi connectivity index (χ1v) is 5.55. The zero-order valence-electron chi connectivity index (χ0n) is 9.75. The highest BCUT2D eigenvalue weighted by Crippen LogP contribution is 2.31. The van der Waals surface area contributed by atoms with Crippen molar-refractivity contribution in [3.63, 3.8) is 0 Å². The smallest absolute Gasteiger partial charge is 0.172 e. The van der Waals surface area contributed by atoms with E-state index in [0.717, 1.165) is 19.3 Å². The van der Waals surface area contributed by atoms with E-state index in [2.05, 4.69) is 39.8 Å². The fourth-order valence-electron chi connectivity index (χ4n) is 1.89. The normalized spacial score (nSPS) is 20.7. The van der Waals surface area contributed by atoms with Gasteiger partial charge in [-0.3, -0.25) is 0 Å². The number of hydrogen-bond acceptors (Lipinski definition) is 2. The molecule has 1 rings (SSSR count). The Bertz CT molecular complexity index is 184. The summed E-state index contributed by atoms with van der Waals surface area (Å²) in [4.78, 5) is 0. The van der Waals surface area contributed by atoms with Crippen molar-refractivity contribution in [3.8, 4) is 0 Å². The quantitative estimate of drug-likeness (QED) is 0.510. The van der Waals surface area contributed by atoms with Crippen LogP contribution in [0.5, 0.6) is 0 Å². The van der Waals surface area contributed by atoms with Gasteiger partial charge in [-0.25, -0.2) is 0 Å². The molecule has 2 heteroatoms. The molecule has 0 radical (unpaired) electrons. The highest BCUT2D eigenvalue weighted by molar-refractivity contribution is 4.95. The third-order valence-corrected chi connectivity index (χ3v) is 2.19. The van der Waals surface area contributed by atoms with Gasteiger partial charge in [0.25, 0.3) is 0 Å². The molecule has 0 saturated heterocycles. The van der Waals surface area contributed by atoms with Crippen LogP contribution in [0.3, 0.4) is 0 Å². The van der Waals surface area contributed by atoms with Crippen LogP contribution in [0.2, 0.25) is 0 Å². The maximum absolute atomic E-state index is 5.92. The molecule has 1 aliphatic rings. The minimum absolute atomic E-state index is 0.222. The van der Waals surface area contributed by atoms with Crippen LogP contribution in [-0.4, -0.2) is 18.0 Å². The number of ether oxygens (including phenoxy) is 2. The second kappa shape index (κ2) is 4.94. The molecule has 0 atom stereocenters. The van der Waals surface area contributed by atoms with Gasteiger partial charge in [-0.2, -0.15) is 0 Å². The molecule has 0 heterocycles. The molecule has 2 nitrogen and oxygen atoms in total. The Labute approximate surface area is 87.3 Å². The standard InChI is InChI=1S/C12H22O2/c1-10(2)13-12(14-11(3)4)8-6-5-7-9-12/h5-6,10-11H,7-9H2,1-4H3. The molecule has 0 saturated carbocycles. The second-order valence-corrected chi connectivity index (χ2v) is 4.46. The Morgan fingerprint density at radius 1 is 1.00 bits per heavy atom. The average Bonchev–Trinajstić information content (AvgIpc) is 2.01. The zero-order chi connectivity index (χ0) is 10.6. The van der Waals surface area contributed by atoms with E-state index < -0.39 is 0 Å². The van der Waals surface area contributed by atoms with Gasteiger partial charge < -0.3 is 9.47 Å². The van der Waals surface area contributed by atoms with E-state index in [0.29, 0.717) is 0 Å². The molecule has 0 aliphatic heterocycles. The molecule has 14 heavy (non-hydrogen) atoms. The van der Waals surface area contributed by atoms with Crippen LogP contribution < -0.4 is 0 Å². The second-order valence-electron chi connectivity index (χ2n) is 4.46. The lowest BCUT2D eigenvalue weighted by Gasteiger charge is -2.37. The minimum Gasteiger partial charge on any atom is -0.347 e. The van der Waals surface area contributed by atoms with Crippen LogP contribution in [0.25, 0.3) is 0 Å². The van der Waals surface area contributed by atoms with E-state index in [1.165, 1.54) is 0 Å². The van der Waals surface area contributed by atoms with Crippen molar-refractivity contribution in [2.45, 2.75) is 65.0 Å². The van der Waals surface area contributed by atoms with E-state index >= 15 is 0 Å². The Balaban J connectivity index is 2.63. The summed E-state index contributed by atoms with van der Waals surface area (Å²) in [6.07, 6.45) is 7.71. The summed E-state index contributed by atoms with van der Waals surface area (Å²) in [7, 11) is 0. The van der Waals surface area contributed by atoms with Crippen molar-refractivity contribution >= 4 is 0 Å². The summed E-state index contributed by atoms with van der Waals surface area (Å²) in [5, 5.41) is 0. The van der Waals surface area contributed by atoms with Gasteiger partial charge in [0.05, 0.1) is 12.2 Å². The summed E-state index contributed by atoms with van der Waals surface area (Å²) < 4.78 is 11.8. The van der Waals surface area contributed by atoms with Gasteiger partial charge in [0.15, 0.2) is 5.79 Å². The molecule has 0 aromatic rings. The first-order chi connectivity index (χ1) is 6.54. The first kappa shape index (κ1) is 11.7. The van der Waals surface area contributed by atoms with Crippen LogP contribution in [0.4, 0.5) is 0 Å². The zero-order valence-corrected chi connectivity index (χ0v) is 9.75. The highest BCUT2D eigenvalue weighted by Gasteiger charge is 2.33. The van der Waals surface area contributed by atoms with Crippen LogP contribution >= 0.6 is 0 Å². The molecule has 82 valence electrons. The van der Waals surface area contributed by atoms with Crippen LogP contribution in [0.1, 0.15) is 47.0 Å². The monoisotopic (exact) mass is 198 g/mol. The Hall–Kier alpha value is -0.340. The van der Waals surface area contributed by atoms with Gasteiger partial charge in [-0.1, -0.05) is 12.2 Å². The third-order valence-electron chi connectivity index (χ3n) is 2.19. The van der Waals surface area contributed by atoms with Crippen molar-refractivity contribution < 1.29 is 9.47 Å². The predicted octanol–water partition coefficient (Wildman–Crippen LogP) is 3.27. The molecule has 0 fully saturated rings. The Morgan fingerprint density at radius 3 is 1.93 bits per heavy atom. The number of allylic oxidation sites excluding steroid dienone is 1. The maximum Gasteiger partial charge on any atom is 0.172 e. The van der Waals surface area contributed by atoms with Crippen molar-refractivity contribution in [3.05, 3.63) is 12.2 Å². The largest absolute Gasteiger partial charge is 0.347 e. The lowest BCUT2D eigenvalue weighted by molar-refractivity contribution is -0.271. The molecule has 0 unspecified atom stereocenters. The molecule has 0 amide bonds. The maximum atomic E-state index is 5.92. The van der Waals surface area contributed by atoms with Gasteiger partial charge in [0.2, 0.25) is 0 Å². The molecule has 0 spiro atoms. The first-order valence-electron chi connectivity index (χ1n) is 5.55.